The average Bonchev–Trinajstić information content (AvgIpc) is 2.98. The van der Waals surface area contributed by atoms with Gasteiger partial charge in [-0.1, -0.05) is 0 Å². The van der Waals surface area contributed by atoms with Gasteiger partial charge < -0.3 is 48.3 Å². The van der Waals surface area contributed by atoms with E-state index in [9.17, 15) is 19.7 Å². The highest BCUT2D eigenvalue weighted by Gasteiger charge is 2.05. The fraction of sp³-hybridized carbons (Fsp3) is 0.704. The summed E-state index contributed by atoms with van der Waals surface area (Å²) in [6.45, 7) is 7.03. The van der Waals surface area contributed by atoms with E-state index in [1.54, 1.807) is 12.1 Å². The Labute approximate surface area is 245 Å². The van der Waals surface area contributed by atoms with Gasteiger partial charge in [-0.15, -0.1) is 0 Å². The van der Waals surface area contributed by atoms with Crippen molar-refractivity contribution in [3.63, 3.8) is 0 Å². The number of hydrogen-bond donors (Lipinski definition) is 2. The van der Waals surface area contributed by atoms with Gasteiger partial charge in [-0.2, -0.15) is 0 Å². The van der Waals surface area contributed by atoms with Crippen molar-refractivity contribution in [1.82, 2.24) is 5.32 Å². The number of carboxylic acids is 1. The Bertz CT molecular complexity index is 827. The van der Waals surface area contributed by atoms with Crippen LogP contribution in [0.25, 0.3) is 0 Å². The van der Waals surface area contributed by atoms with Gasteiger partial charge in [0.2, 0.25) is 5.91 Å². The molecule has 1 aromatic rings. The van der Waals surface area contributed by atoms with E-state index < -0.39 is 10.9 Å². The van der Waals surface area contributed by atoms with E-state index in [4.69, 9.17) is 43.0 Å². The maximum absolute atomic E-state index is 11.3. The minimum absolute atomic E-state index is 0.0158. The number of nitrogens with zero attached hydrogens (tertiary/aromatic N) is 1. The molecule has 0 aliphatic carbocycles. The van der Waals surface area contributed by atoms with Gasteiger partial charge in [-0.25, -0.2) is 0 Å². The lowest BCUT2D eigenvalue weighted by atomic mass is 10.3. The quantitative estimate of drug-likeness (QED) is 0.0732. The van der Waals surface area contributed by atoms with Crippen LogP contribution in [0.3, 0.4) is 0 Å². The Morgan fingerprint density at radius 1 is 0.643 bits per heavy atom. The Morgan fingerprint density at radius 3 is 1.45 bits per heavy atom. The molecule has 0 saturated heterocycles. The molecule has 0 atom stereocenters. The molecule has 1 rings (SSSR count). The first kappa shape index (κ1) is 37.1. The lowest BCUT2D eigenvalue weighted by Gasteiger charge is -2.09. The maximum atomic E-state index is 11.3. The number of nitro groups is 1. The van der Waals surface area contributed by atoms with Crippen LogP contribution >= 0.6 is 0 Å². The first-order valence-corrected chi connectivity index (χ1v) is 13.9. The number of hydrogen-bond acceptors (Lipinski definition) is 12. The number of amides is 1. The van der Waals surface area contributed by atoms with Crippen molar-refractivity contribution in [3.05, 3.63) is 34.4 Å². The molecule has 0 bridgehead atoms. The molecule has 42 heavy (non-hydrogen) atoms. The number of non-ortho nitro benzene ring substituents is 1. The molecule has 2 N–H and O–H groups in total. The van der Waals surface area contributed by atoms with Crippen LogP contribution in [0, 0.1) is 10.1 Å². The van der Waals surface area contributed by atoms with Crippen molar-refractivity contribution in [1.29, 1.82) is 0 Å². The number of rotatable bonds is 30. The largest absolute Gasteiger partial charge is 0.491 e. The Balaban J connectivity index is 1.69. The van der Waals surface area contributed by atoms with Crippen molar-refractivity contribution in [2.45, 2.75) is 19.3 Å². The molecular formula is C27H44N2O13. The lowest BCUT2D eigenvalue weighted by Crippen LogP contribution is -2.25. The van der Waals surface area contributed by atoms with Crippen molar-refractivity contribution in [2.75, 3.05) is 106 Å². The normalized spacial score (nSPS) is 11.0. The first-order chi connectivity index (χ1) is 20.5. The van der Waals surface area contributed by atoms with E-state index in [-0.39, 0.29) is 24.4 Å². The van der Waals surface area contributed by atoms with E-state index in [1.165, 1.54) is 12.1 Å². The molecule has 0 heterocycles. The molecule has 0 unspecified atom stereocenters. The number of nitrogens with one attached hydrogen (secondary N) is 1. The number of benzene rings is 1. The Kier molecular flexibility index (Phi) is 23.8. The Morgan fingerprint density at radius 2 is 1.05 bits per heavy atom. The fourth-order valence-electron chi connectivity index (χ4n) is 3.01. The van der Waals surface area contributed by atoms with Crippen LogP contribution in [-0.4, -0.2) is 128 Å². The van der Waals surface area contributed by atoms with Gasteiger partial charge in [-0.05, 0) is 18.6 Å². The molecule has 1 aromatic carbocycles. The number of ether oxygens (including phenoxy) is 8. The third kappa shape index (κ3) is 23.8. The number of carboxylic acid groups (broad SMARTS) is 1. The van der Waals surface area contributed by atoms with Crippen molar-refractivity contribution in [2.24, 2.45) is 0 Å². The van der Waals surface area contributed by atoms with Crippen LogP contribution in [0.2, 0.25) is 0 Å². The fourth-order valence-corrected chi connectivity index (χ4v) is 3.01. The van der Waals surface area contributed by atoms with Crippen molar-refractivity contribution >= 4 is 17.6 Å². The highest BCUT2D eigenvalue weighted by molar-refractivity contribution is 5.80. The summed E-state index contributed by atoms with van der Waals surface area (Å²) in [5.74, 6) is -0.714. The zero-order valence-corrected chi connectivity index (χ0v) is 24.0. The molecule has 15 heteroatoms. The smallest absolute Gasteiger partial charge is 0.303 e. The topological polar surface area (TPSA) is 183 Å². The second-order valence-corrected chi connectivity index (χ2v) is 8.48. The number of carbonyl (C=O) groups is 2. The van der Waals surface area contributed by atoms with Crippen LogP contribution in [0.1, 0.15) is 19.3 Å². The SMILES string of the molecule is O=C(O)CCC(=O)NCCCOCCOCCOCCOCCOCCOCCOCCOc1ccc([N+](=O)[O-])cc1. The Hall–Kier alpha value is -2.92. The molecule has 0 aliphatic rings. The summed E-state index contributed by atoms with van der Waals surface area (Å²) in [7, 11) is 0. The summed E-state index contributed by atoms with van der Waals surface area (Å²) in [6, 6.07) is 5.87. The van der Waals surface area contributed by atoms with E-state index in [0.29, 0.717) is 118 Å². The second kappa shape index (κ2) is 26.9. The van der Waals surface area contributed by atoms with E-state index in [1.807, 2.05) is 0 Å². The summed E-state index contributed by atoms with van der Waals surface area (Å²) in [5.41, 5.74) is 0.0183. The van der Waals surface area contributed by atoms with Gasteiger partial charge in [0.15, 0.2) is 0 Å². The van der Waals surface area contributed by atoms with E-state index >= 15 is 0 Å². The number of aliphatic carboxylic acids is 1. The summed E-state index contributed by atoms with van der Waals surface area (Å²) < 4.78 is 43.4. The van der Waals surface area contributed by atoms with Crippen LogP contribution < -0.4 is 10.1 Å². The van der Waals surface area contributed by atoms with Crippen LogP contribution in [0.4, 0.5) is 5.69 Å². The van der Waals surface area contributed by atoms with Crippen molar-refractivity contribution < 1.29 is 57.5 Å². The maximum Gasteiger partial charge on any atom is 0.303 e. The molecule has 0 aliphatic heterocycles. The molecule has 0 spiro atoms. The molecule has 0 saturated carbocycles. The highest BCUT2D eigenvalue weighted by Crippen LogP contribution is 2.17. The monoisotopic (exact) mass is 604 g/mol. The molecular weight excluding hydrogens is 560 g/mol. The van der Waals surface area contributed by atoms with Crippen molar-refractivity contribution in [3.8, 4) is 5.75 Å². The standard InChI is InChI=1S/C27H44N2O13/c30-26(6-7-27(31)32)28-8-1-9-35-10-11-36-12-13-37-14-15-38-16-17-39-18-19-40-20-21-41-22-23-42-25-4-2-24(3-5-25)29(33)34/h2-5H,1,6-23H2,(H,28,30)(H,31,32). The third-order valence-corrected chi connectivity index (χ3v) is 5.13. The van der Waals surface area contributed by atoms with Crippen LogP contribution in [0.15, 0.2) is 24.3 Å². The molecule has 0 aromatic heterocycles. The first-order valence-electron chi connectivity index (χ1n) is 13.9. The zero-order chi connectivity index (χ0) is 30.5. The summed E-state index contributed by atoms with van der Waals surface area (Å²) in [6.07, 6.45) is 0.459. The third-order valence-electron chi connectivity index (χ3n) is 5.13. The molecule has 15 nitrogen and oxygen atoms in total. The zero-order valence-electron chi connectivity index (χ0n) is 24.0. The highest BCUT2D eigenvalue weighted by atomic mass is 16.6. The summed E-state index contributed by atoms with van der Waals surface area (Å²) in [5, 5.41) is 21.8. The van der Waals surface area contributed by atoms with Gasteiger partial charge >= 0.3 is 5.97 Å². The van der Waals surface area contributed by atoms with Crippen LogP contribution in [0.5, 0.6) is 5.75 Å². The summed E-state index contributed by atoms with van der Waals surface area (Å²) in [4.78, 5) is 31.9. The predicted octanol–water partition coefficient (Wildman–Crippen LogP) is 1.46. The van der Waals surface area contributed by atoms with Gasteiger partial charge in [0.05, 0.1) is 97.2 Å². The van der Waals surface area contributed by atoms with Crippen LogP contribution in [-0.2, 0) is 42.7 Å². The number of nitro benzene ring substituents is 1. The van der Waals surface area contributed by atoms with Gasteiger partial charge in [-0.3, -0.25) is 19.7 Å². The minimum atomic E-state index is -0.988. The summed E-state index contributed by atoms with van der Waals surface area (Å²) >= 11 is 0. The molecule has 0 fully saturated rings. The molecule has 1 amide bonds. The van der Waals surface area contributed by atoms with E-state index in [2.05, 4.69) is 5.32 Å². The second-order valence-electron chi connectivity index (χ2n) is 8.48. The van der Waals surface area contributed by atoms with Gasteiger partial charge in [0, 0.05) is 31.7 Å². The van der Waals surface area contributed by atoms with E-state index in [0.717, 1.165) is 0 Å². The predicted molar refractivity (Wildman–Crippen MR) is 149 cm³/mol. The number of carbonyl (C=O) groups excluding carboxylic acids is 1. The van der Waals surface area contributed by atoms with Gasteiger partial charge in [0.25, 0.3) is 5.69 Å². The average molecular weight is 605 g/mol. The van der Waals surface area contributed by atoms with Gasteiger partial charge in [0.1, 0.15) is 12.4 Å². The molecule has 240 valence electrons. The molecule has 0 radical (unpaired) electrons. The lowest BCUT2D eigenvalue weighted by molar-refractivity contribution is -0.384. The minimum Gasteiger partial charge on any atom is -0.491 e.